The lowest BCUT2D eigenvalue weighted by Gasteiger charge is -2.21. The van der Waals surface area contributed by atoms with E-state index in [1.165, 1.54) is 0 Å². The number of halogens is 1. The molecule has 3 rings (SSSR count). The first-order chi connectivity index (χ1) is 11.0. The molecule has 23 heavy (non-hydrogen) atoms. The van der Waals surface area contributed by atoms with Gasteiger partial charge in [0.05, 0.1) is 23.2 Å². The first kappa shape index (κ1) is 15.8. The lowest BCUT2D eigenvalue weighted by atomic mass is 10.0. The summed E-state index contributed by atoms with van der Waals surface area (Å²) in [4.78, 5) is 23.1. The van der Waals surface area contributed by atoms with Crippen molar-refractivity contribution in [2.45, 2.75) is 19.1 Å². The zero-order valence-electron chi connectivity index (χ0n) is 12.8. The van der Waals surface area contributed by atoms with E-state index in [1.807, 2.05) is 36.4 Å². The zero-order chi connectivity index (χ0) is 16.6. The van der Waals surface area contributed by atoms with E-state index in [0.29, 0.717) is 11.4 Å². The van der Waals surface area contributed by atoms with Gasteiger partial charge in [-0.15, -0.1) is 0 Å². The molecule has 6 heteroatoms. The molecule has 0 saturated carbocycles. The highest BCUT2D eigenvalue weighted by Gasteiger charge is 2.33. The quantitative estimate of drug-likeness (QED) is 0.878. The number of aliphatic hydroxyl groups is 1. The molecule has 1 aliphatic rings. The topological polar surface area (TPSA) is 65.8 Å². The smallest absolute Gasteiger partial charge is 0.254 e. The highest BCUT2D eigenvalue weighted by atomic mass is 79.9. The second kappa shape index (κ2) is 6.22. The van der Waals surface area contributed by atoms with Crippen LogP contribution in [0.1, 0.15) is 18.2 Å². The number of nitrogens with zero attached hydrogens (tertiary/aromatic N) is 3. The number of anilines is 1. The van der Waals surface area contributed by atoms with Crippen LogP contribution in [0.2, 0.25) is 0 Å². The van der Waals surface area contributed by atoms with Crippen molar-refractivity contribution in [2.24, 2.45) is 4.99 Å². The molecule has 1 amide bonds. The Bertz CT molecular complexity index is 775. The number of benzodiazepines with no additional fused rings is 1. The molecule has 1 aliphatic heterocycles. The van der Waals surface area contributed by atoms with E-state index in [1.54, 1.807) is 25.1 Å². The number of benzene rings is 1. The van der Waals surface area contributed by atoms with Crippen LogP contribution in [0.3, 0.4) is 0 Å². The van der Waals surface area contributed by atoms with Gasteiger partial charge in [-0.1, -0.05) is 22.0 Å². The first-order valence-corrected chi connectivity index (χ1v) is 8.03. The summed E-state index contributed by atoms with van der Waals surface area (Å²) in [5, 5.41) is 10.0. The van der Waals surface area contributed by atoms with Crippen molar-refractivity contribution < 1.29 is 9.90 Å². The van der Waals surface area contributed by atoms with Gasteiger partial charge in [0.15, 0.2) is 6.04 Å². The fraction of sp³-hybridized carbons (Fsp3) is 0.235. The highest BCUT2D eigenvalue weighted by molar-refractivity contribution is 9.10. The second-order valence-electron chi connectivity index (χ2n) is 5.44. The van der Waals surface area contributed by atoms with Crippen LogP contribution in [0, 0.1) is 0 Å². The maximum Gasteiger partial charge on any atom is 0.254 e. The number of aliphatic hydroxyl groups excluding tert-OH is 1. The van der Waals surface area contributed by atoms with E-state index < -0.39 is 12.1 Å². The van der Waals surface area contributed by atoms with Crippen LogP contribution >= 0.6 is 15.9 Å². The number of amides is 1. The summed E-state index contributed by atoms with van der Waals surface area (Å²) in [6.45, 7) is 1.57. The molecule has 2 heterocycles. The van der Waals surface area contributed by atoms with Gasteiger partial charge in [0.25, 0.3) is 5.91 Å². The maximum atomic E-state index is 12.6. The molecule has 0 bridgehead atoms. The van der Waals surface area contributed by atoms with Crippen molar-refractivity contribution in [3.63, 3.8) is 0 Å². The van der Waals surface area contributed by atoms with Gasteiger partial charge in [-0.2, -0.15) is 0 Å². The molecule has 0 fully saturated rings. The number of rotatable bonds is 2. The summed E-state index contributed by atoms with van der Waals surface area (Å²) >= 11 is 3.47. The van der Waals surface area contributed by atoms with Crippen molar-refractivity contribution in [1.29, 1.82) is 0 Å². The molecule has 5 nitrogen and oxygen atoms in total. The summed E-state index contributed by atoms with van der Waals surface area (Å²) < 4.78 is 0.885. The van der Waals surface area contributed by atoms with Crippen molar-refractivity contribution in [2.75, 3.05) is 11.9 Å². The largest absolute Gasteiger partial charge is 0.391 e. The van der Waals surface area contributed by atoms with Gasteiger partial charge in [0, 0.05) is 23.3 Å². The average molecular weight is 374 g/mol. The summed E-state index contributed by atoms with van der Waals surface area (Å²) in [5.74, 6) is -0.241. The predicted octanol–water partition coefficient (Wildman–Crippen LogP) is 2.41. The Morgan fingerprint density at radius 2 is 2.09 bits per heavy atom. The normalized spacial score (nSPS) is 19.0. The minimum atomic E-state index is -0.888. The summed E-state index contributed by atoms with van der Waals surface area (Å²) in [6, 6.07) is 10.3. The minimum absolute atomic E-state index is 0.241. The monoisotopic (exact) mass is 373 g/mol. The third-order valence-electron chi connectivity index (χ3n) is 3.79. The van der Waals surface area contributed by atoms with Crippen LogP contribution in [0.5, 0.6) is 0 Å². The average Bonchev–Trinajstić information content (AvgIpc) is 2.64. The number of aromatic nitrogens is 1. The number of likely N-dealkylation sites (N-methyl/N-ethyl adjacent to an activating group) is 1. The Kier molecular flexibility index (Phi) is 4.28. The molecule has 2 aromatic rings. The molecule has 1 aromatic carbocycles. The van der Waals surface area contributed by atoms with Crippen molar-refractivity contribution in [3.05, 3.63) is 58.3 Å². The molecule has 1 aromatic heterocycles. The fourth-order valence-electron chi connectivity index (χ4n) is 2.59. The molecule has 2 atom stereocenters. The molecule has 0 radical (unpaired) electrons. The van der Waals surface area contributed by atoms with Crippen molar-refractivity contribution >= 4 is 33.2 Å². The number of fused-ring (bicyclic) bond motifs is 1. The predicted molar refractivity (Wildman–Crippen MR) is 92.9 cm³/mol. The third kappa shape index (κ3) is 2.92. The standard InChI is InChI=1S/C17H16BrN3O2/c1-10(22)15-17(23)21(2)14-7-6-11(18)9-12(14)16(20-15)13-5-3-4-8-19-13/h3-10,15,22H,1-2H3/t10-,15-/m0/s1. The van der Waals surface area contributed by atoms with Gasteiger partial charge in [0.2, 0.25) is 0 Å². The highest BCUT2D eigenvalue weighted by Crippen LogP contribution is 2.30. The SMILES string of the molecule is C[C@H](O)[C@@H]1N=C(c2ccccn2)c2cc(Br)ccc2N(C)C1=O. The minimum Gasteiger partial charge on any atom is -0.391 e. The maximum absolute atomic E-state index is 12.6. The van der Waals surface area contributed by atoms with Gasteiger partial charge in [0.1, 0.15) is 0 Å². The number of aliphatic imine (C=N–C) groups is 1. The van der Waals surface area contributed by atoms with Crippen LogP contribution in [-0.4, -0.2) is 40.9 Å². The third-order valence-corrected chi connectivity index (χ3v) is 4.28. The van der Waals surface area contributed by atoms with Crippen LogP contribution in [0.25, 0.3) is 0 Å². The zero-order valence-corrected chi connectivity index (χ0v) is 14.4. The fourth-order valence-corrected chi connectivity index (χ4v) is 2.95. The Morgan fingerprint density at radius 1 is 1.30 bits per heavy atom. The van der Waals surface area contributed by atoms with Crippen LogP contribution in [-0.2, 0) is 4.79 Å². The van der Waals surface area contributed by atoms with E-state index in [4.69, 9.17) is 0 Å². The first-order valence-electron chi connectivity index (χ1n) is 7.24. The Hall–Kier alpha value is -2.05. The van der Waals surface area contributed by atoms with E-state index >= 15 is 0 Å². The summed E-state index contributed by atoms with van der Waals surface area (Å²) in [7, 11) is 1.70. The van der Waals surface area contributed by atoms with Crippen LogP contribution in [0.4, 0.5) is 5.69 Å². The lowest BCUT2D eigenvalue weighted by molar-refractivity contribution is -0.121. The van der Waals surface area contributed by atoms with E-state index in [-0.39, 0.29) is 5.91 Å². The Morgan fingerprint density at radius 3 is 2.74 bits per heavy atom. The molecular formula is C17H16BrN3O2. The second-order valence-corrected chi connectivity index (χ2v) is 6.35. The lowest BCUT2D eigenvalue weighted by Crippen LogP contribution is -2.40. The summed E-state index contributed by atoms with van der Waals surface area (Å²) in [6.07, 6.45) is 0.796. The van der Waals surface area contributed by atoms with Gasteiger partial charge < -0.3 is 10.0 Å². The molecule has 1 N–H and O–H groups in total. The van der Waals surface area contributed by atoms with Crippen molar-refractivity contribution in [1.82, 2.24) is 4.98 Å². The molecule has 0 saturated heterocycles. The van der Waals surface area contributed by atoms with Gasteiger partial charge in [-0.25, -0.2) is 0 Å². The number of hydrogen-bond donors (Lipinski definition) is 1. The molecule has 0 spiro atoms. The molecular weight excluding hydrogens is 358 g/mol. The number of carbonyl (C=O) groups excluding carboxylic acids is 1. The number of carbonyl (C=O) groups is 1. The van der Waals surface area contributed by atoms with E-state index in [2.05, 4.69) is 25.9 Å². The number of hydrogen-bond acceptors (Lipinski definition) is 4. The Labute approximate surface area is 142 Å². The molecule has 0 aliphatic carbocycles. The summed E-state index contributed by atoms with van der Waals surface area (Å²) in [5.41, 5.74) is 2.81. The van der Waals surface area contributed by atoms with Crippen LogP contribution < -0.4 is 4.90 Å². The van der Waals surface area contributed by atoms with E-state index in [9.17, 15) is 9.90 Å². The van der Waals surface area contributed by atoms with Gasteiger partial charge in [-0.3, -0.25) is 14.8 Å². The molecule has 118 valence electrons. The number of pyridine rings is 1. The van der Waals surface area contributed by atoms with E-state index in [0.717, 1.165) is 15.7 Å². The van der Waals surface area contributed by atoms with Crippen LogP contribution in [0.15, 0.2) is 52.1 Å². The Balaban J connectivity index is 2.28. The van der Waals surface area contributed by atoms with Crippen molar-refractivity contribution in [3.8, 4) is 0 Å². The van der Waals surface area contributed by atoms with Gasteiger partial charge in [-0.05, 0) is 37.3 Å². The van der Waals surface area contributed by atoms with Gasteiger partial charge >= 0.3 is 0 Å². The molecule has 0 unspecified atom stereocenters.